The van der Waals surface area contributed by atoms with Gasteiger partial charge in [-0.15, -0.1) is 0 Å². The third-order valence-electron chi connectivity index (χ3n) is 4.11. The molecule has 106 valence electrons. The lowest BCUT2D eigenvalue weighted by atomic mass is 9.74. The van der Waals surface area contributed by atoms with Crippen LogP contribution in [0.15, 0.2) is 48.5 Å². The Morgan fingerprint density at radius 3 is 1.85 bits per heavy atom. The quantitative estimate of drug-likeness (QED) is 0.800. The molecular weight excluding hydrogens is 248 g/mol. The maximum atomic E-state index is 5.39. The highest BCUT2D eigenvalue weighted by atomic mass is 16.5. The van der Waals surface area contributed by atoms with Crippen molar-refractivity contribution in [3.05, 3.63) is 59.7 Å². The van der Waals surface area contributed by atoms with Crippen LogP contribution in [0.3, 0.4) is 0 Å². The molecule has 0 N–H and O–H groups in total. The first-order valence-corrected chi connectivity index (χ1v) is 6.93. The Morgan fingerprint density at radius 2 is 1.40 bits per heavy atom. The summed E-state index contributed by atoms with van der Waals surface area (Å²) >= 11 is 0. The van der Waals surface area contributed by atoms with E-state index in [-0.39, 0.29) is 5.41 Å². The summed E-state index contributed by atoms with van der Waals surface area (Å²) < 4.78 is 10.8. The normalized spacial score (nSPS) is 13.6. The molecule has 0 fully saturated rings. The first-order valence-electron chi connectivity index (χ1n) is 6.93. The largest absolute Gasteiger partial charge is 0.497 e. The van der Waals surface area contributed by atoms with Gasteiger partial charge in [-0.3, -0.25) is 0 Å². The molecule has 0 aliphatic carbocycles. The summed E-state index contributed by atoms with van der Waals surface area (Å²) in [7, 11) is 3.37. The lowest BCUT2D eigenvalue weighted by Crippen LogP contribution is -2.22. The topological polar surface area (TPSA) is 18.5 Å². The predicted octanol–water partition coefficient (Wildman–Crippen LogP) is 4.42. The van der Waals surface area contributed by atoms with Crippen molar-refractivity contribution in [1.29, 1.82) is 0 Å². The smallest absolute Gasteiger partial charge is 0.122 e. The highest BCUT2D eigenvalue weighted by Crippen LogP contribution is 2.38. The SMILES string of the molecule is CC[C@@](C)(c1ccccc1)c1cc(OC)cc(OC)c1. The standard InChI is InChI=1S/C18H22O2/c1-5-18(2,14-9-7-6-8-10-14)15-11-16(19-3)13-17(12-15)20-4/h6-13H,5H2,1-4H3/t18-/m0/s1. The minimum Gasteiger partial charge on any atom is -0.497 e. The molecule has 0 bridgehead atoms. The second kappa shape index (κ2) is 6.00. The van der Waals surface area contributed by atoms with Gasteiger partial charge in [-0.2, -0.15) is 0 Å². The fourth-order valence-electron chi connectivity index (χ4n) is 2.51. The summed E-state index contributed by atoms with van der Waals surface area (Å²) in [6.07, 6.45) is 1.01. The fourth-order valence-corrected chi connectivity index (χ4v) is 2.51. The van der Waals surface area contributed by atoms with Gasteiger partial charge in [0.25, 0.3) is 0 Å². The van der Waals surface area contributed by atoms with E-state index in [9.17, 15) is 0 Å². The van der Waals surface area contributed by atoms with Crippen LogP contribution < -0.4 is 9.47 Å². The van der Waals surface area contributed by atoms with Crippen molar-refractivity contribution < 1.29 is 9.47 Å². The molecule has 0 aliphatic heterocycles. The van der Waals surface area contributed by atoms with E-state index in [0.717, 1.165) is 17.9 Å². The van der Waals surface area contributed by atoms with Crippen molar-refractivity contribution in [2.75, 3.05) is 14.2 Å². The van der Waals surface area contributed by atoms with Crippen molar-refractivity contribution in [3.63, 3.8) is 0 Å². The van der Waals surface area contributed by atoms with E-state index in [4.69, 9.17) is 9.47 Å². The van der Waals surface area contributed by atoms with Crippen LogP contribution in [-0.2, 0) is 5.41 Å². The van der Waals surface area contributed by atoms with E-state index in [1.807, 2.05) is 12.1 Å². The second-order valence-corrected chi connectivity index (χ2v) is 5.15. The number of rotatable bonds is 5. The maximum absolute atomic E-state index is 5.39. The van der Waals surface area contributed by atoms with Crippen LogP contribution in [0.4, 0.5) is 0 Å². The van der Waals surface area contributed by atoms with Gasteiger partial charge < -0.3 is 9.47 Å². The zero-order chi connectivity index (χ0) is 14.6. The van der Waals surface area contributed by atoms with Crippen molar-refractivity contribution in [2.24, 2.45) is 0 Å². The highest BCUT2D eigenvalue weighted by molar-refractivity contribution is 5.46. The van der Waals surface area contributed by atoms with Crippen LogP contribution in [0.1, 0.15) is 31.4 Å². The molecule has 0 heterocycles. The maximum Gasteiger partial charge on any atom is 0.122 e. The molecule has 20 heavy (non-hydrogen) atoms. The Bertz CT molecular complexity index is 541. The van der Waals surface area contributed by atoms with Gasteiger partial charge in [0.15, 0.2) is 0 Å². The van der Waals surface area contributed by atoms with E-state index in [0.29, 0.717) is 0 Å². The molecule has 0 unspecified atom stereocenters. The highest BCUT2D eigenvalue weighted by Gasteiger charge is 2.27. The molecule has 2 nitrogen and oxygen atoms in total. The molecule has 0 saturated carbocycles. The molecule has 0 spiro atoms. The molecule has 2 rings (SSSR count). The minimum absolute atomic E-state index is 0.0525. The van der Waals surface area contributed by atoms with Gasteiger partial charge in [0.1, 0.15) is 11.5 Å². The molecule has 0 aliphatic rings. The first kappa shape index (κ1) is 14.4. The Kier molecular flexibility index (Phi) is 4.33. The number of benzene rings is 2. The molecule has 2 aromatic rings. The number of hydrogen-bond donors (Lipinski definition) is 0. The van der Waals surface area contributed by atoms with E-state index < -0.39 is 0 Å². The van der Waals surface area contributed by atoms with Crippen LogP contribution in [-0.4, -0.2) is 14.2 Å². The first-order chi connectivity index (χ1) is 9.63. The summed E-state index contributed by atoms with van der Waals surface area (Å²) in [5, 5.41) is 0. The summed E-state index contributed by atoms with van der Waals surface area (Å²) in [5.41, 5.74) is 2.46. The van der Waals surface area contributed by atoms with Crippen LogP contribution >= 0.6 is 0 Å². The Balaban J connectivity index is 2.56. The Hall–Kier alpha value is -1.96. The number of methoxy groups -OCH3 is 2. The van der Waals surface area contributed by atoms with Crippen LogP contribution in [0, 0.1) is 0 Å². The fraction of sp³-hybridized carbons (Fsp3) is 0.333. The van der Waals surface area contributed by atoms with Crippen LogP contribution in [0.5, 0.6) is 11.5 Å². The van der Waals surface area contributed by atoms with Crippen molar-refractivity contribution in [1.82, 2.24) is 0 Å². The number of hydrogen-bond acceptors (Lipinski definition) is 2. The predicted molar refractivity (Wildman–Crippen MR) is 82.7 cm³/mol. The average molecular weight is 270 g/mol. The molecule has 2 heteroatoms. The van der Waals surface area contributed by atoms with Gasteiger partial charge in [-0.1, -0.05) is 44.2 Å². The Morgan fingerprint density at radius 1 is 0.850 bits per heavy atom. The zero-order valence-corrected chi connectivity index (χ0v) is 12.6. The summed E-state index contributed by atoms with van der Waals surface area (Å²) in [5.74, 6) is 1.66. The van der Waals surface area contributed by atoms with E-state index in [1.54, 1.807) is 14.2 Å². The lowest BCUT2D eigenvalue weighted by molar-refractivity contribution is 0.390. The monoisotopic (exact) mass is 270 g/mol. The molecule has 0 saturated heterocycles. The van der Waals surface area contributed by atoms with Crippen LogP contribution in [0.25, 0.3) is 0 Å². The van der Waals surface area contributed by atoms with Crippen molar-refractivity contribution in [2.45, 2.75) is 25.7 Å². The lowest BCUT2D eigenvalue weighted by Gasteiger charge is -2.30. The molecular formula is C18H22O2. The van der Waals surface area contributed by atoms with Crippen molar-refractivity contribution >= 4 is 0 Å². The van der Waals surface area contributed by atoms with Gasteiger partial charge in [-0.25, -0.2) is 0 Å². The van der Waals surface area contributed by atoms with E-state index >= 15 is 0 Å². The zero-order valence-electron chi connectivity index (χ0n) is 12.6. The van der Waals surface area contributed by atoms with E-state index in [2.05, 4.69) is 50.2 Å². The summed E-state index contributed by atoms with van der Waals surface area (Å²) in [4.78, 5) is 0. The van der Waals surface area contributed by atoms with Crippen molar-refractivity contribution in [3.8, 4) is 11.5 Å². The summed E-state index contributed by atoms with van der Waals surface area (Å²) in [6, 6.07) is 16.7. The molecule has 1 atom stereocenters. The average Bonchev–Trinajstić information content (AvgIpc) is 2.54. The van der Waals surface area contributed by atoms with Gasteiger partial charge in [0, 0.05) is 11.5 Å². The molecule has 2 aromatic carbocycles. The van der Waals surface area contributed by atoms with Gasteiger partial charge in [-0.05, 0) is 29.7 Å². The van der Waals surface area contributed by atoms with Gasteiger partial charge >= 0.3 is 0 Å². The van der Waals surface area contributed by atoms with Gasteiger partial charge in [0.2, 0.25) is 0 Å². The van der Waals surface area contributed by atoms with Crippen LogP contribution in [0.2, 0.25) is 0 Å². The third-order valence-corrected chi connectivity index (χ3v) is 4.11. The molecule has 0 radical (unpaired) electrons. The Labute approximate surface area is 121 Å². The minimum atomic E-state index is -0.0525. The number of ether oxygens (including phenoxy) is 2. The van der Waals surface area contributed by atoms with E-state index in [1.165, 1.54) is 11.1 Å². The molecule has 0 aromatic heterocycles. The second-order valence-electron chi connectivity index (χ2n) is 5.15. The molecule has 0 amide bonds. The third kappa shape index (κ3) is 2.64. The van der Waals surface area contributed by atoms with Gasteiger partial charge in [0.05, 0.1) is 14.2 Å². The summed E-state index contributed by atoms with van der Waals surface area (Å²) in [6.45, 7) is 4.47.